The lowest BCUT2D eigenvalue weighted by Crippen LogP contribution is -2.40. The highest BCUT2D eigenvalue weighted by molar-refractivity contribution is 4.68. The van der Waals surface area contributed by atoms with Crippen molar-refractivity contribution in [1.82, 2.24) is 4.90 Å². The summed E-state index contributed by atoms with van der Waals surface area (Å²) in [5.74, 6) is 0. The SMILES string of the molecule is CCCCCCCCCCCCCCCCN(CCC(O)O)C(C)CN. The van der Waals surface area contributed by atoms with Gasteiger partial charge >= 0.3 is 0 Å². The smallest absolute Gasteiger partial charge is 0.152 e. The van der Waals surface area contributed by atoms with Crippen LogP contribution in [0.2, 0.25) is 0 Å². The second kappa shape index (κ2) is 19.6. The Morgan fingerprint density at radius 3 is 1.50 bits per heavy atom. The Balaban J connectivity index is 3.42. The molecule has 0 radical (unpaired) electrons. The second-order valence-electron chi connectivity index (χ2n) is 7.99. The molecule has 0 aliphatic carbocycles. The predicted molar refractivity (Wildman–Crippen MR) is 113 cm³/mol. The largest absolute Gasteiger partial charge is 0.368 e. The van der Waals surface area contributed by atoms with Gasteiger partial charge in [-0.15, -0.1) is 0 Å². The molecule has 0 fully saturated rings. The molecule has 0 heterocycles. The molecule has 1 unspecified atom stereocenters. The minimum absolute atomic E-state index is 0.315. The van der Waals surface area contributed by atoms with Crippen LogP contribution < -0.4 is 5.73 Å². The van der Waals surface area contributed by atoms with Crippen LogP contribution in [-0.2, 0) is 0 Å². The third-order valence-corrected chi connectivity index (χ3v) is 5.44. The lowest BCUT2D eigenvalue weighted by Gasteiger charge is -2.28. The molecule has 1 atom stereocenters. The summed E-state index contributed by atoms with van der Waals surface area (Å²) in [6.07, 6.45) is 18.4. The lowest BCUT2D eigenvalue weighted by molar-refractivity contribution is -0.0519. The van der Waals surface area contributed by atoms with Gasteiger partial charge < -0.3 is 15.9 Å². The van der Waals surface area contributed by atoms with Gasteiger partial charge in [0.2, 0.25) is 0 Å². The molecule has 0 bridgehead atoms. The average Bonchev–Trinajstić information content (AvgIpc) is 2.63. The highest BCUT2D eigenvalue weighted by atomic mass is 16.5. The van der Waals surface area contributed by atoms with Gasteiger partial charge in [-0.3, -0.25) is 4.90 Å². The Bertz CT molecular complexity index is 275. The van der Waals surface area contributed by atoms with Crippen molar-refractivity contribution in [3.63, 3.8) is 0 Å². The molecule has 0 saturated carbocycles. The number of rotatable bonds is 20. The minimum Gasteiger partial charge on any atom is -0.368 e. The minimum atomic E-state index is -1.21. The fraction of sp³-hybridized carbons (Fsp3) is 1.00. The van der Waals surface area contributed by atoms with E-state index < -0.39 is 6.29 Å². The molecule has 0 aromatic rings. The molecule has 4 nitrogen and oxygen atoms in total. The fourth-order valence-corrected chi connectivity index (χ4v) is 3.49. The van der Waals surface area contributed by atoms with Gasteiger partial charge in [-0.05, 0) is 19.9 Å². The average molecular weight is 373 g/mol. The van der Waals surface area contributed by atoms with Gasteiger partial charge in [-0.1, -0.05) is 90.4 Å². The molecule has 4 N–H and O–H groups in total. The van der Waals surface area contributed by atoms with Crippen molar-refractivity contribution in [3.8, 4) is 0 Å². The number of unbranched alkanes of at least 4 members (excludes halogenated alkanes) is 13. The van der Waals surface area contributed by atoms with Gasteiger partial charge in [-0.25, -0.2) is 0 Å². The van der Waals surface area contributed by atoms with Crippen LogP contribution in [0.25, 0.3) is 0 Å². The van der Waals surface area contributed by atoms with Crippen molar-refractivity contribution < 1.29 is 10.2 Å². The molecule has 0 amide bonds. The van der Waals surface area contributed by atoms with Gasteiger partial charge in [0.1, 0.15) is 0 Å². The van der Waals surface area contributed by atoms with E-state index in [0.717, 1.165) is 6.54 Å². The van der Waals surface area contributed by atoms with Gasteiger partial charge in [-0.2, -0.15) is 0 Å². The highest BCUT2D eigenvalue weighted by Gasteiger charge is 2.13. The van der Waals surface area contributed by atoms with E-state index in [1.54, 1.807) is 0 Å². The molecule has 0 saturated heterocycles. The summed E-state index contributed by atoms with van der Waals surface area (Å²) in [5.41, 5.74) is 5.76. The van der Waals surface area contributed by atoms with Gasteiger partial charge in [0.15, 0.2) is 6.29 Å². The van der Waals surface area contributed by atoms with E-state index in [-0.39, 0.29) is 0 Å². The van der Waals surface area contributed by atoms with Crippen LogP contribution in [0.15, 0.2) is 0 Å². The molecule has 0 aromatic carbocycles. The van der Waals surface area contributed by atoms with E-state index in [4.69, 9.17) is 15.9 Å². The van der Waals surface area contributed by atoms with Crippen molar-refractivity contribution in [3.05, 3.63) is 0 Å². The Morgan fingerprint density at radius 1 is 0.692 bits per heavy atom. The first-order chi connectivity index (χ1) is 12.6. The van der Waals surface area contributed by atoms with Gasteiger partial charge in [0.05, 0.1) is 0 Å². The number of aliphatic hydroxyl groups excluding tert-OH is 1. The maximum absolute atomic E-state index is 9.05. The van der Waals surface area contributed by atoms with E-state index >= 15 is 0 Å². The maximum atomic E-state index is 9.05. The molecule has 158 valence electrons. The summed E-state index contributed by atoms with van der Waals surface area (Å²) in [7, 11) is 0. The molecular formula is C22H48N2O2. The quantitative estimate of drug-likeness (QED) is 0.212. The monoisotopic (exact) mass is 372 g/mol. The normalized spacial score (nSPS) is 13.0. The van der Waals surface area contributed by atoms with E-state index in [9.17, 15) is 0 Å². The first kappa shape index (κ1) is 25.8. The summed E-state index contributed by atoms with van der Waals surface area (Å²) in [5, 5.41) is 18.1. The van der Waals surface area contributed by atoms with Crippen LogP contribution in [0.4, 0.5) is 0 Å². The number of hydrogen-bond donors (Lipinski definition) is 3. The van der Waals surface area contributed by atoms with Crippen molar-refractivity contribution in [2.45, 2.75) is 122 Å². The van der Waals surface area contributed by atoms with Crippen LogP contribution in [-0.4, -0.2) is 47.1 Å². The van der Waals surface area contributed by atoms with E-state index in [1.807, 2.05) is 0 Å². The first-order valence-electron chi connectivity index (χ1n) is 11.4. The topological polar surface area (TPSA) is 69.7 Å². The van der Waals surface area contributed by atoms with Crippen LogP contribution in [0, 0.1) is 0 Å². The standard InChI is InChI=1S/C22H48N2O2/c1-3-4-5-6-7-8-9-10-11-12-13-14-15-16-18-24(21(2)20-23)19-17-22(25)26/h21-22,25-26H,3-20,23H2,1-2H3. The maximum Gasteiger partial charge on any atom is 0.152 e. The summed E-state index contributed by atoms with van der Waals surface area (Å²) in [6, 6.07) is 0.315. The van der Waals surface area contributed by atoms with E-state index in [2.05, 4.69) is 18.7 Å². The number of hydrogen-bond acceptors (Lipinski definition) is 4. The van der Waals surface area contributed by atoms with Gasteiger partial charge in [0.25, 0.3) is 0 Å². The van der Waals surface area contributed by atoms with Gasteiger partial charge in [0, 0.05) is 25.6 Å². The van der Waals surface area contributed by atoms with E-state index in [0.29, 0.717) is 25.6 Å². The number of nitrogens with zero attached hydrogens (tertiary/aromatic N) is 1. The molecule has 0 aromatic heterocycles. The Labute approximate surface area is 163 Å². The lowest BCUT2D eigenvalue weighted by atomic mass is 10.0. The first-order valence-corrected chi connectivity index (χ1v) is 11.4. The molecular weight excluding hydrogens is 324 g/mol. The zero-order chi connectivity index (χ0) is 19.5. The number of nitrogens with two attached hydrogens (primary N) is 1. The summed E-state index contributed by atoms with van der Waals surface area (Å²) < 4.78 is 0. The van der Waals surface area contributed by atoms with Crippen molar-refractivity contribution in [2.24, 2.45) is 5.73 Å². The third kappa shape index (κ3) is 17.3. The molecule has 0 rings (SSSR count). The van der Waals surface area contributed by atoms with Crippen molar-refractivity contribution in [2.75, 3.05) is 19.6 Å². The Morgan fingerprint density at radius 2 is 1.12 bits per heavy atom. The summed E-state index contributed by atoms with van der Waals surface area (Å²) >= 11 is 0. The highest BCUT2D eigenvalue weighted by Crippen LogP contribution is 2.13. The molecule has 0 aliphatic rings. The molecule has 0 spiro atoms. The van der Waals surface area contributed by atoms with Crippen LogP contribution in [0.1, 0.15) is 110 Å². The molecule has 0 aliphatic heterocycles. The van der Waals surface area contributed by atoms with E-state index in [1.165, 1.54) is 89.9 Å². The predicted octanol–water partition coefficient (Wildman–Crippen LogP) is 4.82. The summed E-state index contributed by atoms with van der Waals surface area (Å²) in [6.45, 7) is 6.75. The Kier molecular flexibility index (Phi) is 19.5. The molecule has 26 heavy (non-hydrogen) atoms. The Hall–Kier alpha value is -0.160. The van der Waals surface area contributed by atoms with Crippen LogP contribution in [0.5, 0.6) is 0 Å². The van der Waals surface area contributed by atoms with Crippen LogP contribution in [0.3, 0.4) is 0 Å². The van der Waals surface area contributed by atoms with Crippen LogP contribution >= 0.6 is 0 Å². The number of aliphatic hydroxyl groups is 2. The molecule has 4 heteroatoms. The zero-order valence-electron chi connectivity index (χ0n) is 17.8. The van der Waals surface area contributed by atoms with Crippen molar-refractivity contribution >= 4 is 0 Å². The fourth-order valence-electron chi connectivity index (χ4n) is 3.49. The third-order valence-electron chi connectivity index (χ3n) is 5.44. The zero-order valence-corrected chi connectivity index (χ0v) is 17.8. The summed E-state index contributed by atoms with van der Waals surface area (Å²) in [4.78, 5) is 2.29. The second-order valence-corrected chi connectivity index (χ2v) is 7.99. The van der Waals surface area contributed by atoms with Crippen molar-refractivity contribution in [1.29, 1.82) is 0 Å².